The fourth-order valence-corrected chi connectivity index (χ4v) is 3.72. The highest BCUT2D eigenvalue weighted by Gasteiger charge is 2.41. The van der Waals surface area contributed by atoms with Crippen LogP contribution in [-0.2, 0) is 24.0 Å². The van der Waals surface area contributed by atoms with Crippen LogP contribution >= 0.6 is 0 Å². The SMILES string of the molecule is NC(CO)C(=O)N1CCCC1C(=O)NC(CC(=O)O)C(=O)N1CCCC1C(=O)O. The largest absolute Gasteiger partial charge is 0.481 e. The van der Waals surface area contributed by atoms with Gasteiger partial charge in [0, 0.05) is 13.1 Å². The Hall–Kier alpha value is -2.73. The second-order valence-corrected chi connectivity index (χ2v) is 7.17. The van der Waals surface area contributed by atoms with Crippen LogP contribution in [0.15, 0.2) is 0 Å². The van der Waals surface area contributed by atoms with E-state index >= 15 is 0 Å². The van der Waals surface area contributed by atoms with Gasteiger partial charge in [0.15, 0.2) is 0 Å². The molecule has 2 aliphatic rings. The number of aliphatic hydroxyl groups excluding tert-OH is 1. The van der Waals surface area contributed by atoms with Crippen LogP contribution in [0.4, 0.5) is 0 Å². The molecule has 0 aliphatic carbocycles. The summed E-state index contributed by atoms with van der Waals surface area (Å²) in [6.07, 6.45) is 0.793. The zero-order valence-corrected chi connectivity index (χ0v) is 15.8. The number of rotatable bonds is 8. The van der Waals surface area contributed by atoms with Crippen molar-refractivity contribution in [2.45, 2.75) is 56.3 Å². The quantitative estimate of drug-likeness (QED) is 0.282. The Morgan fingerprint density at radius 2 is 1.52 bits per heavy atom. The number of nitrogens with one attached hydrogen (secondary N) is 1. The molecule has 0 spiro atoms. The maximum absolute atomic E-state index is 12.8. The van der Waals surface area contributed by atoms with Crippen molar-refractivity contribution in [1.29, 1.82) is 0 Å². The second-order valence-electron chi connectivity index (χ2n) is 7.17. The van der Waals surface area contributed by atoms with Crippen molar-refractivity contribution in [3.05, 3.63) is 0 Å². The maximum atomic E-state index is 12.8. The topological polar surface area (TPSA) is 191 Å². The van der Waals surface area contributed by atoms with Crippen LogP contribution in [0, 0.1) is 0 Å². The van der Waals surface area contributed by atoms with Crippen molar-refractivity contribution in [1.82, 2.24) is 15.1 Å². The molecule has 29 heavy (non-hydrogen) atoms. The number of aliphatic hydroxyl groups is 1. The first-order chi connectivity index (χ1) is 13.7. The first-order valence-corrected chi connectivity index (χ1v) is 9.39. The Bertz CT molecular complexity index is 684. The number of carboxylic acids is 2. The third-order valence-electron chi connectivity index (χ3n) is 5.17. The van der Waals surface area contributed by atoms with Gasteiger partial charge in [-0.1, -0.05) is 0 Å². The molecule has 0 aromatic heterocycles. The Morgan fingerprint density at radius 1 is 0.966 bits per heavy atom. The molecule has 0 radical (unpaired) electrons. The van der Waals surface area contributed by atoms with E-state index in [0.717, 1.165) is 4.90 Å². The fraction of sp³-hybridized carbons (Fsp3) is 0.706. The zero-order chi connectivity index (χ0) is 21.7. The van der Waals surface area contributed by atoms with Crippen molar-refractivity contribution in [2.24, 2.45) is 5.73 Å². The van der Waals surface area contributed by atoms with Gasteiger partial charge in [-0.25, -0.2) is 4.79 Å². The van der Waals surface area contributed by atoms with Crippen molar-refractivity contribution in [3.8, 4) is 0 Å². The summed E-state index contributed by atoms with van der Waals surface area (Å²) in [5, 5.41) is 29.8. The highest BCUT2D eigenvalue weighted by Crippen LogP contribution is 2.21. The van der Waals surface area contributed by atoms with Crippen LogP contribution < -0.4 is 11.1 Å². The third kappa shape index (κ3) is 5.21. The van der Waals surface area contributed by atoms with Gasteiger partial charge in [-0.3, -0.25) is 19.2 Å². The highest BCUT2D eigenvalue weighted by molar-refractivity contribution is 5.96. The van der Waals surface area contributed by atoms with Gasteiger partial charge in [-0.2, -0.15) is 0 Å². The van der Waals surface area contributed by atoms with E-state index in [4.69, 9.17) is 15.9 Å². The number of aliphatic carboxylic acids is 2. The van der Waals surface area contributed by atoms with Gasteiger partial charge < -0.3 is 36.2 Å². The number of carbonyl (C=O) groups is 5. The molecule has 12 nitrogen and oxygen atoms in total. The van der Waals surface area contributed by atoms with E-state index in [0.29, 0.717) is 19.3 Å². The smallest absolute Gasteiger partial charge is 0.326 e. The van der Waals surface area contributed by atoms with E-state index in [1.54, 1.807) is 0 Å². The van der Waals surface area contributed by atoms with Gasteiger partial charge in [0.25, 0.3) is 0 Å². The predicted octanol–water partition coefficient (Wildman–Crippen LogP) is -2.67. The third-order valence-corrected chi connectivity index (χ3v) is 5.17. The highest BCUT2D eigenvalue weighted by atomic mass is 16.4. The van der Waals surface area contributed by atoms with Crippen molar-refractivity contribution in [3.63, 3.8) is 0 Å². The molecule has 2 rings (SSSR count). The summed E-state index contributed by atoms with van der Waals surface area (Å²) in [4.78, 5) is 62.5. The minimum absolute atomic E-state index is 0.154. The van der Waals surface area contributed by atoms with E-state index in [2.05, 4.69) is 5.32 Å². The number of hydrogen-bond donors (Lipinski definition) is 5. The van der Waals surface area contributed by atoms with E-state index in [-0.39, 0.29) is 19.5 Å². The van der Waals surface area contributed by atoms with Gasteiger partial charge in [-0.15, -0.1) is 0 Å². The summed E-state index contributed by atoms with van der Waals surface area (Å²) < 4.78 is 0. The molecule has 6 N–H and O–H groups in total. The monoisotopic (exact) mass is 414 g/mol. The molecule has 4 unspecified atom stereocenters. The fourth-order valence-electron chi connectivity index (χ4n) is 3.72. The number of amides is 3. The molecule has 0 saturated carbocycles. The molecule has 3 amide bonds. The first-order valence-electron chi connectivity index (χ1n) is 9.39. The molecule has 0 aromatic carbocycles. The second kappa shape index (κ2) is 9.65. The lowest BCUT2D eigenvalue weighted by Crippen LogP contribution is -2.57. The summed E-state index contributed by atoms with van der Waals surface area (Å²) in [6, 6.07) is -4.65. The molecule has 0 aromatic rings. The van der Waals surface area contributed by atoms with Crippen molar-refractivity contribution in [2.75, 3.05) is 19.7 Å². The number of nitrogens with zero attached hydrogens (tertiary/aromatic N) is 2. The number of nitrogens with two attached hydrogens (primary N) is 1. The number of likely N-dealkylation sites (tertiary alicyclic amines) is 2. The molecule has 162 valence electrons. The minimum Gasteiger partial charge on any atom is -0.481 e. The van der Waals surface area contributed by atoms with Gasteiger partial charge in [0.1, 0.15) is 24.2 Å². The molecule has 2 aliphatic heterocycles. The first kappa shape index (κ1) is 22.6. The molecule has 2 heterocycles. The average Bonchev–Trinajstić information content (AvgIpc) is 3.34. The maximum Gasteiger partial charge on any atom is 0.326 e. The molecule has 4 atom stereocenters. The Labute approximate surface area is 166 Å². The summed E-state index contributed by atoms with van der Waals surface area (Å²) in [5.74, 6) is -4.64. The summed E-state index contributed by atoms with van der Waals surface area (Å²) >= 11 is 0. The minimum atomic E-state index is -1.45. The van der Waals surface area contributed by atoms with Crippen LogP contribution in [-0.4, -0.2) is 98.6 Å². The van der Waals surface area contributed by atoms with Crippen LogP contribution in [0.3, 0.4) is 0 Å². The summed E-state index contributed by atoms with van der Waals surface area (Å²) in [7, 11) is 0. The van der Waals surface area contributed by atoms with Crippen LogP contribution in [0.2, 0.25) is 0 Å². The van der Waals surface area contributed by atoms with E-state index < -0.39 is 66.9 Å². The molecule has 0 bridgehead atoms. The van der Waals surface area contributed by atoms with Crippen LogP contribution in [0.5, 0.6) is 0 Å². The number of carboxylic acid groups (broad SMARTS) is 2. The lowest BCUT2D eigenvalue weighted by molar-refractivity contribution is -0.151. The van der Waals surface area contributed by atoms with E-state index in [1.807, 2.05) is 0 Å². The lowest BCUT2D eigenvalue weighted by Gasteiger charge is -2.30. The van der Waals surface area contributed by atoms with Gasteiger partial charge in [-0.05, 0) is 25.7 Å². The molecular formula is C17H26N4O8. The number of carbonyl (C=O) groups excluding carboxylic acids is 3. The Balaban J connectivity index is 2.13. The van der Waals surface area contributed by atoms with Crippen molar-refractivity contribution >= 4 is 29.7 Å². The summed E-state index contributed by atoms with van der Waals surface area (Å²) in [6.45, 7) is -0.189. The van der Waals surface area contributed by atoms with Crippen LogP contribution in [0.1, 0.15) is 32.1 Å². The molecule has 12 heteroatoms. The molecular weight excluding hydrogens is 388 g/mol. The normalized spacial score (nSPS) is 23.5. The van der Waals surface area contributed by atoms with Crippen molar-refractivity contribution < 1.29 is 39.3 Å². The Kier molecular flexibility index (Phi) is 7.51. The lowest BCUT2D eigenvalue weighted by atomic mass is 10.1. The van der Waals surface area contributed by atoms with Gasteiger partial charge in [0.05, 0.1) is 13.0 Å². The Morgan fingerprint density at radius 3 is 2.03 bits per heavy atom. The zero-order valence-electron chi connectivity index (χ0n) is 15.8. The summed E-state index contributed by atoms with van der Waals surface area (Å²) in [5.41, 5.74) is 5.53. The van der Waals surface area contributed by atoms with Gasteiger partial charge in [0.2, 0.25) is 17.7 Å². The molecule has 2 saturated heterocycles. The van der Waals surface area contributed by atoms with Gasteiger partial charge >= 0.3 is 11.9 Å². The predicted molar refractivity (Wildman–Crippen MR) is 96.4 cm³/mol. The average molecular weight is 414 g/mol. The number of hydrogen-bond acceptors (Lipinski definition) is 7. The van der Waals surface area contributed by atoms with E-state index in [1.165, 1.54) is 4.90 Å². The van der Waals surface area contributed by atoms with E-state index in [9.17, 15) is 29.1 Å². The standard InChI is InChI=1S/C17H26N4O8/c18-9(8-22)15(26)20-5-1-3-11(20)14(25)19-10(7-13(23)24)16(27)21-6-2-4-12(21)17(28)29/h9-12,22H,1-8,18H2,(H,19,25)(H,23,24)(H,28,29). The van der Waals surface area contributed by atoms with Crippen LogP contribution in [0.25, 0.3) is 0 Å². The molecule has 2 fully saturated rings.